The van der Waals surface area contributed by atoms with E-state index in [1.807, 2.05) is 12.1 Å². The van der Waals surface area contributed by atoms with Crippen molar-refractivity contribution in [3.63, 3.8) is 0 Å². The molecule has 1 fully saturated rings. The molecule has 0 aromatic heterocycles. The van der Waals surface area contributed by atoms with Crippen molar-refractivity contribution in [2.24, 2.45) is 5.92 Å². The monoisotopic (exact) mass is 340 g/mol. The molecule has 3 atom stereocenters. The molecule has 3 unspecified atom stereocenters. The summed E-state index contributed by atoms with van der Waals surface area (Å²) >= 11 is 0. The second-order valence-electron chi connectivity index (χ2n) is 6.98. The van der Waals surface area contributed by atoms with Gasteiger partial charge in [0.05, 0.1) is 20.3 Å². The highest BCUT2D eigenvalue weighted by Gasteiger charge is 2.57. The van der Waals surface area contributed by atoms with Crippen LogP contribution >= 0.6 is 0 Å². The second kappa shape index (κ2) is 5.41. The van der Waals surface area contributed by atoms with Gasteiger partial charge in [0.2, 0.25) is 0 Å². The van der Waals surface area contributed by atoms with Crippen molar-refractivity contribution in [2.45, 2.75) is 30.7 Å². The molecule has 2 aliphatic carbocycles. The fraction of sp³-hybridized carbons (Fsp3) is 0.474. The fourth-order valence-electron chi connectivity index (χ4n) is 4.97. The van der Waals surface area contributed by atoms with E-state index < -0.39 is 5.41 Å². The number of phenols is 1. The standard InChI is InChI=1S/C19H20N2O4/c1-24-15-4-3-11-7-13-12-8-16(25-2)14(22)9-19(12,17(11)18(15)23)5-6-21(13)10-20/h3-4,8,12-13,23H,5-7,9H2,1-2H3. The first-order valence-electron chi connectivity index (χ1n) is 8.40. The number of hydrogen-bond donors (Lipinski definition) is 1. The lowest BCUT2D eigenvalue weighted by molar-refractivity contribution is -0.122. The minimum atomic E-state index is -0.511. The van der Waals surface area contributed by atoms with Gasteiger partial charge < -0.3 is 19.5 Å². The molecule has 25 heavy (non-hydrogen) atoms. The van der Waals surface area contributed by atoms with Crippen LogP contribution in [0.25, 0.3) is 0 Å². The normalized spacial score (nSPS) is 29.9. The zero-order chi connectivity index (χ0) is 17.8. The Morgan fingerprint density at radius 3 is 2.84 bits per heavy atom. The first kappa shape index (κ1) is 15.8. The minimum Gasteiger partial charge on any atom is -0.504 e. The van der Waals surface area contributed by atoms with Crippen LogP contribution in [-0.4, -0.2) is 42.6 Å². The van der Waals surface area contributed by atoms with Gasteiger partial charge in [-0.1, -0.05) is 6.07 Å². The van der Waals surface area contributed by atoms with E-state index in [-0.39, 0.29) is 29.9 Å². The number of ether oxygens (including phenoxy) is 2. The Morgan fingerprint density at radius 1 is 1.36 bits per heavy atom. The van der Waals surface area contributed by atoms with Gasteiger partial charge >= 0.3 is 0 Å². The van der Waals surface area contributed by atoms with Crippen LogP contribution in [0.1, 0.15) is 24.0 Å². The SMILES string of the molecule is COC1=CC2C3Cc4ccc(OC)c(O)c4C2(CCN3C#N)CC1=O. The summed E-state index contributed by atoms with van der Waals surface area (Å²) in [7, 11) is 3.02. The van der Waals surface area contributed by atoms with Gasteiger partial charge in [0.25, 0.3) is 0 Å². The van der Waals surface area contributed by atoms with Crippen molar-refractivity contribution >= 4 is 5.78 Å². The largest absolute Gasteiger partial charge is 0.504 e. The molecule has 0 saturated carbocycles. The first-order valence-corrected chi connectivity index (χ1v) is 8.40. The number of hydrogen-bond acceptors (Lipinski definition) is 6. The number of rotatable bonds is 2. The van der Waals surface area contributed by atoms with Gasteiger partial charge in [-0.2, -0.15) is 5.26 Å². The number of phenolic OH excluding ortho intramolecular Hbond substituents is 1. The summed E-state index contributed by atoms with van der Waals surface area (Å²) in [6, 6.07) is 3.66. The van der Waals surface area contributed by atoms with Gasteiger partial charge in [0, 0.05) is 29.9 Å². The van der Waals surface area contributed by atoms with Crippen LogP contribution in [0.2, 0.25) is 0 Å². The van der Waals surface area contributed by atoms with Crippen molar-refractivity contribution in [3.8, 4) is 17.7 Å². The number of ketones is 1. The van der Waals surface area contributed by atoms with Gasteiger partial charge in [-0.15, -0.1) is 0 Å². The third-order valence-electron chi connectivity index (χ3n) is 6.06. The van der Waals surface area contributed by atoms with Crippen LogP contribution in [0.5, 0.6) is 11.5 Å². The fourth-order valence-corrected chi connectivity index (χ4v) is 4.97. The molecule has 1 heterocycles. The van der Waals surface area contributed by atoms with Crippen molar-refractivity contribution in [1.82, 2.24) is 4.90 Å². The topological polar surface area (TPSA) is 82.8 Å². The average Bonchev–Trinajstić information content (AvgIpc) is 2.60. The molecule has 1 aliphatic heterocycles. The number of piperidine rings is 1. The Morgan fingerprint density at radius 2 is 2.16 bits per heavy atom. The van der Waals surface area contributed by atoms with E-state index in [0.717, 1.165) is 11.1 Å². The van der Waals surface area contributed by atoms with E-state index in [0.29, 0.717) is 30.9 Å². The predicted octanol–water partition coefficient (Wildman–Crippen LogP) is 1.87. The maximum atomic E-state index is 12.6. The smallest absolute Gasteiger partial charge is 0.197 e. The Labute approximate surface area is 146 Å². The summed E-state index contributed by atoms with van der Waals surface area (Å²) in [5.74, 6) is 0.784. The molecule has 2 bridgehead atoms. The number of Topliss-reactive ketones (excluding diaryl/α,β-unsaturated/α-hetero) is 1. The van der Waals surface area contributed by atoms with Gasteiger partial charge in [0.15, 0.2) is 29.2 Å². The van der Waals surface area contributed by atoms with Crippen molar-refractivity contribution in [1.29, 1.82) is 5.26 Å². The van der Waals surface area contributed by atoms with Crippen LogP contribution in [0.3, 0.4) is 0 Å². The number of fused-ring (bicyclic) bond motifs is 1. The summed E-state index contributed by atoms with van der Waals surface area (Å²) in [6.07, 6.45) is 5.71. The average molecular weight is 340 g/mol. The van der Waals surface area contributed by atoms with E-state index in [4.69, 9.17) is 9.47 Å². The third kappa shape index (κ3) is 1.98. The minimum absolute atomic E-state index is 0.0303. The summed E-state index contributed by atoms with van der Waals surface area (Å²) in [4.78, 5) is 14.4. The van der Waals surface area contributed by atoms with E-state index in [1.165, 1.54) is 14.2 Å². The lowest BCUT2D eigenvalue weighted by atomic mass is 9.53. The second-order valence-corrected chi connectivity index (χ2v) is 6.98. The highest BCUT2D eigenvalue weighted by atomic mass is 16.5. The molecule has 1 N–H and O–H groups in total. The molecule has 130 valence electrons. The Balaban J connectivity index is 1.98. The Hall–Kier alpha value is -2.68. The molecule has 0 spiro atoms. The van der Waals surface area contributed by atoms with Crippen LogP contribution in [0, 0.1) is 17.4 Å². The van der Waals surface area contributed by atoms with E-state index in [2.05, 4.69) is 6.19 Å². The molecule has 3 aliphatic rings. The molecule has 6 heteroatoms. The summed E-state index contributed by atoms with van der Waals surface area (Å²) in [6.45, 7) is 0.581. The maximum absolute atomic E-state index is 12.6. The van der Waals surface area contributed by atoms with E-state index >= 15 is 0 Å². The van der Waals surface area contributed by atoms with Crippen LogP contribution in [0.4, 0.5) is 0 Å². The number of carbonyl (C=O) groups is 1. The van der Waals surface area contributed by atoms with Crippen molar-refractivity contribution < 1.29 is 19.4 Å². The van der Waals surface area contributed by atoms with Gasteiger partial charge in [-0.3, -0.25) is 4.79 Å². The van der Waals surface area contributed by atoms with Gasteiger partial charge in [-0.05, 0) is 30.5 Å². The lowest BCUT2D eigenvalue weighted by Gasteiger charge is -2.55. The zero-order valence-electron chi connectivity index (χ0n) is 14.3. The van der Waals surface area contributed by atoms with E-state index in [9.17, 15) is 15.2 Å². The molecule has 0 radical (unpaired) electrons. The molecule has 1 saturated heterocycles. The molecule has 1 aromatic carbocycles. The number of benzene rings is 1. The molecule has 1 aromatic rings. The van der Waals surface area contributed by atoms with Crippen LogP contribution in [0.15, 0.2) is 24.0 Å². The molecule has 4 rings (SSSR count). The summed E-state index contributed by atoms with van der Waals surface area (Å²) < 4.78 is 10.6. The molecule has 6 nitrogen and oxygen atoms in total. The number of methoxy groups -OCH3 is 2. The number of nitrogens with zero attached hydrogens (tertiary/aromatic N) is 2. The van der Waals surface area contributed by atoms with Crippen LogP contribution in [-0.2, 0) is 21.4 Å². The summed E-state index contributed by atoms with van der Waals surface area (Å²) in [5, 5.41) is 20.4. The summed E-state index contributed by atoms with van der Waals surface area (Å²) in [5.41, 5.74) is 1.29. The quantitative estimate of drug-likeness (QED) is 0.828. The van der Waals surface area contributed by atoms with Crippen LogP contribution < -0.4 is 4.74 Å². The Kier molecular flexibility index (Phi) is 3.43. The van der Waals surface area contributed by atoms with Crippen molar-refractivity contribution in [2.75, 3.05) is 20.8 Å². The highest BCUT2D eigenvalue weighted by Crippen LogP contribution is 2.57. The number of allylic oxidation sites excluding steroid dienone is 1. The predicted molar refractivity (Wildman–Crippen MR) is 89.0 cm³/mol. The Bertz CT molecular complexity index is 825. The molecular formula is C19H20N2O4. The van der Waals surface area contributed by atoms with Gasteiger partial charge in [0.1, 0.15) is 0 Å². The third-order valence-corrected chi connectivity index (χ3v) is 6.06. The highest BCUT2D eigenvalue weighted by molar-refractivity contribution is 5.96. The number of nitriles is 1. The maximum Gasteiger partial charge on any atom is 0.197 e. The molecule has 0 amide bonds. The number of aromatic hydroxyl groups is 1. The zero-order valence-corrected chi connectivity index (χ0v) is 14.3. The molecular weight excluding hydrogens is 320 g/mol. The van der Waals surface area contributed by atoms with Gasteiger partial charge in [-0.25, -0.2) is 0 Å². The van der Waals surface area contributed by atoms with Crippen molar-refractivity contribution in [3.05, 3.63) is 35.1 Å². The number of likely N-dealkylation sites (tertiary alicyclic amines) is 1. The first-order chi connectivity index (χ1) is 12.1. The van der Waals surface area contributed by atoms with E-state index in [1.54, 1.807) is 11.0 Å². The lowest BCUT2D eigenvalue weighted by Crippen LogP contribution is -2.60. The number of carbonyl (C=O) groups excluding carboxylic acids is 1.